The molecule has 2 unspecified atom stereocenters. The lowest BCUT2D eigenvalue weighted by atomic mass is 9.82. The number of carbonyl (C=O) groups is 2. The molecule has 0 saturated carbocycles. The first-order chi connectivity index (χ1) is 13.8. The molecule has 0 amide bonds. The van der Waals surface area contributed by atoms with Crippen molar-refractivity contribution in [3.05, 3.63) is 51.8 Å². The molecule has 1 aliphatic rings. The maximum atomic E-state index is 12.3. The van der Waals surface area contributed by atoms with Gasteiger partial charge in [-0.15, -0.1) is 17.9 Å². The normalized spacial score (nSPS) is 19.9. The Labute approximate surface area is 179 Å². The SMILES string of the molecule is C=C(C)CCOOC1C=C(C)C(=O)CC1/C(=C\C)COSc1ccsc1C(=O)O. The van der Waals surface area contributed by atoms with Crippen molar-refractivity contribution in [2.45, 2.75) is 44.6 Å². The lowest BCUT2D eigenvalue weighted by molar-refractivity contribution is -0.320. The standard InChI is InChI=1S/C21H26O6S2/c1-5-15(12-26-29-19-7-9-28-20(19)21(23)24)16-11-17(22)14(4)10-18(16)27-25-8-6-13(2)3/h5,7,9-10,16,18H,2,6,8,11-12H2,1,3-4H3,(H,23,24)/b15-5-. The molecule has 0 aliphatic heterocycles. The number of carbonyl (C=O) groups excluding carboxylic acids is 1. The number of rotatable bonds is 11. The smallest absolute Gasteiger partial charge is 0.347 e. The van der Waals surface area contributed by atoms with Gasteiger partial charge in [0.1, 0.15) is 11.0 Å². The highest BCUT2D eigenvalue weighted by Gasteiger charge is 2.32. The van der Waals surface area contributed by atoms with Crippen molar-refractivity contribution < 1.29 is 28.7 Å². The molecule has 0 aromatic carbocycles. The predicted molar refractivity (Wildman–Crippen MR) is 114 cm³/mol. The number of ketones is 1. The summed E-state index contributed by atoms with van der Waals surface area (Å²) in [5, 5.41) is 10.9. The summed E-state index contributed by atoms with van der Waals surface area (Å²) in [5.41, 5.74) is 2.56. The van der Waals surface area contributed by atoms with Crippen molar-refractivity contribution in [3.63, 3.8) is 0 Å². The highest BCUT2D eigenvalue weighted by atomic mass is 32.2. The summed E-state index contributed by atoms with van der Waals surface area (Å²) in [6.45, 7) is 10.0. The zero-order valence-electron chi connectivity index (χ0n) is 16.8. The molecule has 29 heavy (non-hydrogen) atoms. The number of hydrogen-bond acceptors (Lipinski definition) is 7. The minimum absolute atomic E-state index is 0.0646. The first kappa shape index (κ1) is 23.6. The van der Waals surface area contributed by atoms with E-state index >= 15 is 0 Å². The maximum Gasteiger partial charge on any atom is 0.347 e. The van der Waals surface area contributed by atoms with Crippen LogP contribution in [0.1, 0.15) is 43.3 Å². The summed E-state index contributed by atoms with van der Waals surface area (Å²) in [6, 6.07) is 1.71. The lowest BCUT2D eigenvalue weighted by Gasteiger charge is -2.29. The summed E-state index contributed by atoms with van der Waals surface area (Å²) < 4.78 is 5.69. The Morgan fingerprint density at radius 1 is 1.48 bits per heavy atom. The zero-order valence-corrected chi connectivity index (χ0v) is 18.4. The molecule has 1 aromatic heterocycles. The molecule has 6 nitrogen and oxygen atoms in total. The molecule has 0 bridgehead atoms. The molecule has 0 fully saturated rings. The van der Waals surface area contributed by atoms with Crippen LogP contribution in [0.4, 0.5) is 0 Å². The van der Waals surface area contributed by atoms with E-state index in [1.807, 2.05) is 19.9 Å². The molecule has 2 rings (SSSR count). The van der Waals surface area contributed by atoms with Crippen LogP contribution in [-0.2, 0) is 18.8 Å². The Morgan fingerprint density at radius 2 is 2.24 bits per heavy atom. The Balaban J connectivity index is 2.00. The van der Waals surface area contributed by atoms with Gasteiger partial charge in [-0.3, -0.25) is 4.79 Å². The summed E-state index contributed by atoms with van der Waals surface area (Å²) in [7, 11) is 0. The van der Waals surface area contributed by atoms with Crippen molar-refractivity contribution in [3.8, 4) is 0 Å². The van der Waals surface area contributed by atoms with Gasteiger partial charge in [0, 0.05) is 24.4 Å². The van der Waals surface area contributed by atoms with Crippen LogP contribution >= 0.6 is 23.4 Å². The molecule has 1 aromatic rings. The van der Waals surface area contributed by atoms with Crippen molar-refractivity contribution in [1.29, 1.82) is 0 Å². The minimum Gasteiger partial charge on any atom is -0.477 e. The van der Waals surface area contributed by atoms with Gasteiger partial charge in [0.25, 0.3) is 0 Å². The summed E-state index contributed by atoms with van der Waals surface area (Å²) in [6.07, 6.45) is 4.30. The van der Waals surface area contributed by atoms with Crippen molar-refractivity contribution >= 4 is 35.1 Å². The van der Waals surface area contributed by atoms with Gasteiger partial charge in [0.05, 0.1) is 18.1 Å². The maximum absolute atomic E-state index is 12.3. The van der Waals surface area contributed by atoms with Crippen LogP contribution in [0, 0.1) is 5.92 Å². The van der Waals surface area contributed by atoms with Gasteiger partial charge in [0.2, 0.25) is 0 Å². The number of hydrogen-bond donors (Lipinski definition) is 1. The van der Waals surface area contributed by atoms with E-state index in [1.54, 1.807) is 24.4 Å². The first-order valence-corrected chi connectivity index (χ1v) is 10.8. The van der Waals surface area contributed by atoms with Crippen molar-refractivity contribution in [1.82, 2.24) is 0 Å². The van der Waals surface area contributed by atoms with Gasteiger partial charge >= 0.3 is 5.97 Å². The van der Waals surface area contributed by atoms with Gasteiger partial charge in [-0.1, -0.05) is 11.6 Å². The average molecular weight is 439 g/mol. The van der Waals surface area contributed by atoms with Crippen LogP contribution in [-0.4, -0.2) is 36.2 Å². The third kappa shape index (κ3) is 6.94. The Bertz CT molecular complexity index is 808. The third-order valence-corrected chi connectivity index (χ3v) is 6.28. The monoisotopic (exact) mass is 438 g/mol. The van der Waals surface area contributed by atoms with E-state index in [-0.39, 0.29) is 23.2 Å². The van der Waals surface area contributed by atoms with Crippen LogP contribution in [0.15, 0.2) is 51.8 Å². The fourth-order valence-electron chi connectivity index (χ4n) is 2.80. The van der Waals surface area contributed by atoms with Crippen LogP contribution < -0.4 is 0 Å². The van der Waals surface area contributed by atoms with E-state index in [4.69, 9.17) is 14.0 Å². The summed E-state index contributed by atoms with van der Waals surface area (Å²) >= 11 is 2.18. The molecule has 2 atom stereocenters. The van der Waals surface area contributed by atoms with Gasteiger partial charge in [-0.2, -0.15) is 0 Å². The van der Waals surface area contributed by atoms with Gasteiger partial charge < -0.3 is 9.29 Å². The van der Waals surface area contributed by atoms with E-state index in [1.165, 1.54) is 0 Å². The largest absolute Gasteiger partial charge is 0.477 e. The van der Waals surface area contributed by atoms with E-state index in [0.717, 1.165) is 34.5 Å². The fraction of sp³-hybridized carbons (Fsp3) is 0.429. The quantitative estimate of drug-likeness (QED) is 0.166. The zero-order chi connectivity index (χ0) is 21.4. The second kappa shape index (κ2) is 11.5. The van der Waals surface area contributed by atoms with Crippen LogP contribution in [0.25, 0.3) is 0 Å². The predicted octanol–water partition coefficient (Wildman–Crippen LogP) is 5.23. The molecule has 1 N–H and O–H groups in total. The van der Waals surface area contributed by atoms with E-state index in [2.05, 4.69) is 6.58 Å². The van der Waals surface area contributed by atoms with E-state index in [0.29, 0.717) is 29.9 Å². The molecular formula is C21H26O6S2. The molecule has 0 saturated heterocycles. The molecule has 0 radical (unpaired) electrons. The second-order valence-corrected chi connectivity index (χ2v) is 8.56. The average Bonchev–Trinajstić information content (AvgIpc) is 3.14. The molecule has 158 valence electrons. The van der Waals surface area contributed by atoms with Gasteiger partial charge in [-0.05, 0) is 55.9 Å². The minimum atomic E-state index is -0.976. The number of allylic oxidation sites excluding steroid dienone is 2. The van der Waals surface area contributed by atoms with Crippen molar-refractivity contribution in [2.24, 2.45) is 5.92 Å². The Kier molecular flexibility index (Phi) is 9.32. The topological polar surface area (TPSA) is 82.1 Å². The van der Waals surface area contributed by atoms with E-state index in [9.17, 15) is 14.7 Å². The Morgan fingerprint density at radius 3 is 2.90 bits per heavy atom. The highest BCUT2D eigenvalue weighted by Crippen LogP contribution is 2.33. The molecule has 1 aliphatic carbocycles. The van der Waals surface area contributed by atoms with Gasteiger partial charge in [0.15, 0.2) is 5.78 Å². The lowest BCUT2D eigenvalue weighted by Crippen LogP contribution is -2.32. The first-order valence-electron chi connectivity index (χ1n) is 9.23. The number of carboxylic acid groups (broad SMARTS) is 1. The Hall–Kier alpha value is -1.71. The summed E-state index contributed by atoms with van der Waals surface area (Å²) in [5.74, 6) is -1.12. The molecule has 8 heteroatoms. The van der Waals surface area contributed by atoms with Crippen LogP contribution in [0.3, 0.4) is 0 Å². The van der Waals surface area contributed by atoms with Crippen molar-refractivity contribution in [2.75, 3.05) is 13.2 Å². The number of aromatic carboxylic acids is 1. The van der Waals surface area contributed by atoms with Crippen LogP contribution in [0.2, 0.25) is 0 Å². The van der Waals surface area contributed by atoms with Gasteiger partial charge in [-0.25, -0.2) is 14.6 Å². The highest BCUT2D eigenvalue weighted by molar-refractivity contribution is 7.95. The fourth-order valence-corrected chi connectivity index (χ4v) is 4.36. The molecule has 0 spiro atoms. The third-order valence-electron chi connectivity index (χ3n) is 4.49. The number of thiophene rings is 1. The molecular weight excluding hydrogens is 412 g/mol. The molecule has 1 heterocycles. The number of Topliss-reactive ketones (excluding diaryl/α,β-unsaturated/α-hetero) is 1. The van der Waals surface area contributed by atoms with E-state index < -0.39 is 12.1 Å². The summed E-state index contributed by atoms with van der Waals surface area (Å²) in [4.78, 5) is 35.2. The van der Waals surface area contributed by atoms with Crippen LogP contribution in [0.5, 0.6) is 0 Å². The number of carboxylic acids is 1. The second-order valence-electron chi connectivity index (χ2n) is 6.80.